The van der Waals surface area contributed by atoms with Gasteiger partial charge in [0.15, 0.2) is 5.69 Å². The number of carbonyl (C=O) groups is 1. The van der Waals surface area contributed by atoms with Gasteiger partial charge >= 0.3 is 0 Å². The van der Waals surface area contributed by atoms with Crippen molar-refractivity contribution < 1.29 is 9.90 Å². The first kappa shape index (κ1) is 19.4. The molecule has 30 heavy (non-hydrogen) atoms. The number of para-hydroxylation sites is 2. The van der Waals surface area contributed by atoms with Gasteiger partial charge in [0.05, 0.1) is 12.1 Å². The Bertz CT molecular complexity index is 1170. The number of hydrogen-bond donors (Lipinski definition) is 2. The number of azo groups is 1. The number of nitrogens with one attached hydrogen (secondary N) is 1. The van der Waals surface area contributed by atoms with Crippen LogP contribution in [0.2, 0.25) is 0 Å². The van der Waals surface area contributed by atoms with Crippen molar-refractivity contribution in [2.75, 3.05) is 11.9 Å². The second kappa shape index (κ2) is 9.05. The summed E-state index contributed by atoms with van der Waals surface area (Å²) < 4.78 is 1.81. The summed E-state index contributed by atoms with van der Waals surface area (Å²) >= 11 is 0. The van der Waals surface area contributed by atoms with Gasteiger partial charge in [-0.15, -0.1) is 10.2 Å². The Morgan fingerprint density at radius 2 is 1.57 bits per heavy atom. The summed E-state index contributed by atoms with van der Waals surface area (Å²) in [6.45, 7) is 0.621. The van der Waals surface area contributed by atoms with E-state index < -0.39 is 5.91 Å². The zero-order valence-electron chi connectivity index (χ0n) is 16.4. The van der Waals surface area contributed by atoms with Crippen LogP contribution < -0.4 is 5.32 Å². The molecular weight excluding hydrogens is 376 g/mol. The van der Waals surface area contributed by atoms with E-state index in [4.69, 9.17) is 0 Å². The molecule has 150 valence electrons. The second-order valence-corrected chi connectivity index (χ2v) is 6.89. The fourth-order valence-corrected chi connectivity index (χ4v) is 3.36. The summed E-state index contributed by atoms with van der Waals surface area (Å²) in [6, 6.07) is 27.1. The van der Waals surface area contributed by atoms with Crippen molar-refractivity contribution in [3.63, 3.8) is 0 Å². The minimum Gasteiger partial charge on any atom is -0.493 e. The third-order valence-corrected chi connectivity index (χ3v) is 4.86. The first-order chi connectivity index (χ1) is 14.7. The van der Waals surface area contributed by atoms with E-state index >= 15 is 0 Å². The summed E-state index contributed by atoms with van der Waals surface area (Å²) in [5.74, 6) is -0.404. The predicted octanol–water partition coefficient (Wildman–Crippen LogP) is 5.31. The Morgan fingerprint density at radius 1 is 0.900 bits per heavy atom. The molecular formula is C24H22N4O2. The highest BCUT2D eigenvalue weighted by Crippen LogP contribution is 2.38. The minimum absolute atomic E-state index is 0.0136. The molecule has 0 unspecified atom stereocenters. The van der Waals surface area contributed by atoms with E-state index in [0.717, 1.165) is 23.0 Å². The highest BCUT2D eigenvalue weighted by atomic mass is 16.3. The van der Waals surface area contributed by atoms with E-state index in [1.807, 2.05) is 77.4 Å². The molecule has 0 saturated heterocycles. The van der Waals surface area contributed by atoms with Crippen LogP contribution in [0.1, 0.15) is 5.56 Å². The molecule has 0 aliphatic carbocycles. The van der Waals surface area contributed by atoms with Gasteiger partial charge in [0, 0.05) is 17.6 Å². The molecule has 0 spiro atoms. The number of fused-ring (bicyclic) bond motifs is 1. The van der Waals surface area contributed by atoms with Crippen LogP contribution in [-0.2, 0) is 17.8 Å². The van der Waals surface area contributed by atoms with Crippen molar-refractivity contribution in [3.8, 4) is 5.88 Å². The van der Waals surface area contributed by atoms with Crippen molar-refractivity contribution in [3.05, 3.63) is 90.5 Å². The molecule has 0 aliphatic heterocycles. The quantitative estimate of drug-likeness (QED) is 0.414. The Kier molecular flexibility index (Phi) is 5.85. The average molecular weight is 398 g/mol. The van der Waals surface area contributed by atoms with E-state index in [1.54, 1.807) is 0 Å². The maximum atomic E-state index is 12.1. The van der Waals surface area contributed by atoms with E-state index in [-0.39, 0.29) is 12.4 Å². The number of benzene rings is 3. The number of aromatic nitrogens is 1. The lowest BCUT2D eigenvalue weighted by Gasteiger charge is -2.07. The first-order valence-corrected chi connectivity index (χ1v) is 9.80. The van der Waals surface area contributed by atoms with Gasteiger partial charge in [-0.1, -0.05) is 66.7 Å². The molecule has 6 nitrogen and oxygen atoms in total. The van der Waals surface area contributed by atoms with Crippen LogP contribution in [0.15, 0.2) is 95.2 Å². The van der Waals surface area contributed by atoms with Crippen molar-refractivity contribution in [1.29, 1.82) is 0 Å². The maximum absolute atomic E-state index is 12.1. The Balaban J connectivity index is 1.52. The van der Waals surface area contributed by atoms with Gasteiger partial charge in [0.1, 0.15) is 0 Å². The third kappa shape index (κ3) is 4.38. The molecule has 6 heteroatoms. The maximum Gasteiger partial charge on any atom is 0.283 e. The molecule has 0 saturated carbocycles. The van der Waals surface area contributed by atoms with Gasteiger partial charge in [0.2, 0.25) is 5.88 Å². The number of anilines is 1. The monoisotopic (exact) mass is 398 g/mol. The summed E-state index contributed by atoms with van der Waals surface area (Å²) in [6.07, 6.45) is 0.767. The van der Waals surface area contributed by atoms with E-state index in [0.29, 0.717) is 12.2 Å². The number of amides is 1. The fraction of sp³-hybridized carbons (Fsp3) is 0.125. The number of nitrogens with zero attached hydrogens (tertiary/aromatic N) is 3. The Hall–Kier alpha value is -3.93. The number of aromatic hydroxyl groups is 1. The molecule has 1 aromatic heterocycles. The number of hydrogen-bond acceptors (Lipinski definition) is 4. The van der Waals surface area contributed by atoms with Crippen LogP contribution in [0.3, 0.4) is 0 Å². The van der Waals surface area contributed by atoms with Crippen LogP contribution in [-0.4, -0.2) is 22.1 Å². The van der Waals surface area contributed by atoms with E-state index in [9.17, 15) is 9.90 Å². The second-order valence-electron chi connectivity index (χ2n) is 6.89. The van der Waals surface area contributed by atoms with Crippen LogP contribution in [0.25, 0.3) is 10.9 Å². The highest BCUT2D eigenvalue weighted by Gasteiger charge is 2.16. The standard InChI is InChI=1S/C24H22N4O2/c29-22(17-25-19-11-5-2-6-12-19)26-27-23-20-13-7-8-14-21(20)28(24(23)30)16-15-18-9-3-1-4-10-18/h1-14,25,30H,15-17H2. The van der Waals surface area contributed by atoms with Crippen molar-refractivity contribution >= 4 is 28.2 Å². The largest absolute Gasteiger partial charge is 0.493 e. The van der Waals surface area contributed by atoms with Crippen LogP contribution in [0.4, 0.5) is 11.4 Å². The summed E-state index contributed by atoms with van der Waals surface area (Å²) in [7, 11) is 0. The molecule has 1 heterocycles. The lowest BCUT2D eigenvalue weighted by Crippen LogP contribution is -2.10. The average Bonchev–Trinajstić information content (AvgIpc) is 3.07. The Morgan fingerprint density at radius 3 is 2.33 bits per heavy atom. The highest BCUT2D eigenvalue weighted by molar-refractivity contribution is 5.95. The first-order valence-electron chi connectivity index (χ1n) is 9.80. The fourth-order valence-electron chi connectivity index (χ4n) is 3.36. The number of carbonyl (C=O) groups excluding carboxylic acids is 1. The van der Waals surface area contributed by atoms with Gasteiger partial charge in [-0.05, 0) is 30.2 Å². The van der Waals surface area contributed by atoms with Gasteiger partial charge in [0.25, 0.3) is 5.91 Å². The molecule has 1 amide bonds. The van der Waals surface area contributed by atoms with Crippen LogP contribution in [0, 0.1) is 0 Å². The predicted molar refractivity (Wildman–Crippen MR) is 118 cm³/mol. The van der Waals surface area contributed by atoms with Crippen molar-refractivity contribution in [2.24, 2.45) is 10.2 Å². The van der Waals surface area contributed by atoms with Gasteiger partial charge in [-0.2, -0.15) is 0 Å². The molecule has 0 atom stereocenters. The zero-order valence-corrected chi connectivity index (χ0v) is 16.4. The van der Waals surface area contributed by atoms with Gasteiger partial charge < -0.3 is 15.0 Å². The molecule has 0 bridgehead atoms. The van der Waals surface area contributed by atoms with Crippen molar-refractivity contribution in [1.82, 2.24) is 4.57 Å². The molecule has 2 N–H and O–H groups in total. The van der Waals surface area contributed by atoms with E-state index in [1.165, 1.54) is 5.56 Å². The van der Waals surface area contributed by atoms with Crippen LogP contribution >= 0.6 is 0 Å². The van der Waals surface area contributed by atoms with Gasteiger partial charge in [-0.3, -0.25) is 4.79 Å². The molecule has 0 radical (unpaired) electrons. The molecule has 4 aromatic rings. The zero-order chi connectivity index (χ0) is 20.8. The lowest BCUT2D eigenvalue weighted by molar-refractivity contribution is -0.116. The summed E-state index contributed by atoms with van der Waals surface area (Å²) in [5, 5.41) is 22.4. The smallest absolute Gasteiger partial charge is 0.283 e. The summed E-state index contributed by atoms with van der Waals surface area (Å²) in [5.41, 5.74) is 3.18. The number of aryl methyl sites for hydroxylation is 2. The molecule has 0 aliphatic rings. The SMILES string of the molecule is O=C(CNc1ccccc1)N=Nc1c(O)n(CCc2ccccc2)c2ccccc12. The minimum atomic E-state index is -0.417. The van der Waals surface area contributed by atoms with Gasteiger partial charge in [-0.25, -0.2) is 0 Å². The normalized spacial score (nSPS) is 11.2. The Labute approximate surface area is 174 Å². The lowest BCUT2D eigenvalue weighted by atomic mass is 10.1. The summed E-state index contributed by atoms with van der Waals surface area (Å²) in [4.78, 5) is 12.1. The number of rotatable bonds is 7. The van der Waals surface area contributed by atoms with Crippen molar-refractivity contribution in [2.45, 2.75) is 13.0 Å². The van der Waals surface area contributed by atoms with Crippen LogP contribution in [0.5, 0.6) is 5.88 Å². The topological polar surface area (TPSA) is 79.0 Å². The molecule has 0 fully saturated rings. The molecule has 3 aromatic carbocycles. The molecule has 4 rings (SSSR count). The van der Waals surface area contributed by atoms with E-state index in [2.05, 4.69) is 27.7 Å². The third-order valence-electron chi connectivity index (χ3n) is 4.86.